The van der Waals surface area contributed by atoms with Gasteiger partial charge >= 0.3 is 0 Å². The Kier molecular flexibility index (Phi) is 4.13. The molecule has 76 valence electrons. The zero-order valence-corrected chi connectivity index (χ0v) is 8.54. The molecule has 1 aromatic rings. The Balaban J connectivity index is 2.72. The fourth-order valence-corrected chi connectivity index (χ4v) is 1.13. The van der Waals surface area contributed by atoms with E-state index in [4.69, 9.17) is 4.74 Å². The molecule has 0 aromatic heterocycles. The first-order valence-electron chi connectivity index (χ1n) is 4.61. The lowest BCUT2D eigenvalue weighted by atomic mass is 10.1. The predicted octanol–water partition coefficient (Wildman–Crippen LogP) is 1.41. The largest absolute Gasteiger partial charge is 0.492 e. The van der Waals surface area contributed by atoms with E-state index in [0.29, 0.717) is 17.9 Å². The van der Waals surface area contributed by atoms with Crippen molar-refractivity contribution in [1.29, 1.82) is 0 Å². The van der Waals surface area contributed by atoms with Gasteiger partial charge in [0.1, 0.15) is 12.4 Å². The lowest BCUT2D eigenvalue weighted by molar-refractivity contribution is 0.111. The molecule has 3 nitrogen and oxygen atoms in total. The molecule has 0 heterocycles. The summed E-state index contributed by atoms with van der Waals surface area (Å²) in [5.74, 6) is 0.662. The summed E-state index contributed by atoms with van der Waals surface area (Å²) in [6, 6.07) is 5.55. The monoisotopic (exact) mass is 193 g/mol. The maximum absolute atomic E-state index is 10.7. The van der Waals surface area contributed by atoms with Crippen molar-refractivity contribution >= 4 is 6.29 Å². The number of benzene rings is 1. The molecule has 0 saturated carbocycles. The van der Waals surface area contributed by atoms with E-state index in [1.807, 2.05) is 26.1 Å². The second-order valence-electron chi connectivity index (χ2n) is 3.11. The van der Waals surface area contributed by atoms with Crippen LogP contribution in [-0.4, -0.2) is 26.5 Å². The number of nitrogens with one attached hydrogen (secondary N) is 1. The summed E-state index contributed by atoms with van der Waals surface area (Å²) < 4.78 is 5.46. The van der Waals surface area contributed by atoms with Crippen LogP contribution >= 0.6 is 0 Å². The van der Waals surface area contributed by atoms with E-state index < -0.39 is 0 Å². The highest BCUT2D eigenvalue weighted by molar-refractivity contribution is 5.79. The summed E-state index contributed by atoms with van der Waals surface area (Å²) in [5.41, 5.74) is 1.70. The Hall–Kier alpha value is -1.35. The fraction of sp³-hybridized carbons (Fsp3) is 0.364. The number of rotatable bonds is 5. The van der Waals surface area contributed by atoms with Gasteiger partial charge in [0.15, 0.2) is 6.29 Å². The SMILES string of the molecule is CNCCOc1cc(C)ccc1C=O. The van der Waals surface area contributed by atoms with Crippen LogP contribution in [0.1, 0.15) is 15.9 Å². The van der Waals surface area contributed by atoms with E-state index in [0.717, 1.165) is 18.4 Å². The molecule has 0 bridgehead atoms. The molecule has 3 heteroatoms. The molecule has 0 saturated heterocycles. The maximum Gasteiger partial charge on any atom is 0.153 e. The third kappa shape index (κ3) is 2.85. The van der Waals surface area contributed by atoms with Gasteiger partial charge in [-0.15, -0.1) is 0 Å². The number of likely N-dealkylation sites (N-methyl/N-ethyl adjacent to an activating group) is 1. The van der Waals surface area contributed by atoms with Crippen molar-refractivity contribution in [3.63, 3.8) is 0 Å². The average molecular weight is 193 g/mol. The molecule has 0 fully saturated rings. The summed E-state index contributed by atoms with van der Waals surface area (Å²) in [7, 11) is 1.86. The number of hydrogen-bond acceptors (Lipinski definition) is 3. The molecule has 0 radical (unpaired) electrons. The quantitative estimate of drug-likeness (QED) is 0.567. The van der Waals surface area contributed by atoms with Crippen LogP contribution in [-0.2, 0) is 0 Å². The first-order valence-corrected chi connectivity index (χ1v) is 4.61. The van der Waals surface area contributed by atoms with Gasteiger partial charge in [-0.3, -0.25) is 4.79 Å². The summed E-state index contributed by atoms with van der Waals surface area (Å²) in [6.45, 7) is 3.31. The van der Waals surface area contributed by atoms with Gasteiger partial charge in [0, 0.05) is 6.54 Å². The van der Waals surface area contributed by atoms with Crippen molar-refractivity contribution in [2.24, 2.45) is 0 Å². The van der Waals surface area contributed by atoms with E-state index in [1.165, 1.54) is 0 Å². The van der Waals surface area contributed by atoms with Crippen LogP contribution in [0.15, 0.2) is 18.2 Å². The smallest absolute Gasteiger partial charge is 0.153 e. The van der Waals surface area contributed by atoms with Crippen molar-refractivity contribution in [3.8, 4) is 5.75 Å². The van der Waals surface area contributed by atoms with Gasteiger partial charge in [-0.1, -0.05) is 6.07 Å². The molecule has 14 heavy (non-hydrogen) atoms. The van der Waals surface area contributed by atoms with Gasteiger partial charge < -0.3 is 10.1 Å². The lowest BCUT2D eigenvalue weighted by Crippen LogP contribution is -2.16. The normalized spacial score (nSPS) is 9.86. The topological polar surface area (TPSA) is 38.3 Å². The average Bonchev–Trinajstić information content (AvgIpc) is 2.19. The summed E-state index contributed by atoms with van der Waals surface area (Å²) in [4.78, 5) is 10.7. The van der Waals surface area contributed by atoms with Crippen molar-refractivity contribution in [2.45, 2.75) is 6.92 Å². The van der Waals surface area contributed by atoms with Crippen LogP contribution in [0.4, 0.5) is 0 Å². The van der Waals surface area contributed by atoms with Crippen LogP contribution in [0.25, 0.3) is 0 Å². The van der Waals surface area contributed by atoms with Crippen LogP contribution in [0.3, 0.4) is 0 Å². The Morgan fingerprint density at radius 3 is 2.93 bits per heavy atom. The highest BCUT2D eigenvalue weighted by Gasteiger charge is 2.02. The van der Waals surface area contributed by atoms with Gasteiger partial charge in [0.05, 0.1) is 5.56 Å². The van der Waals surface area contributed by atoms with Gasteiger partial charge in [-0.2, -0.15) is 0 Å². The highest BCUT2D eigenvalue weighted by Crippen LogP contribution is 2.18. The van der Waals surface area contributed by atoms with Crippen LogP contribution in [0.2, 0.25) is 0 Å². The van der Waals surface area contributed by atoms with Crippen molar-refractivity contribution in [1.82, 2.24) is 5.32 Å². The number of carbonyl (C=O) groups is 1. The Bertz CT molecular complexity index is 310. The minimum absolute atomic E-state index is 0.570. The third-order valence-electron chi connectivity index (χ3n) is 1.91. The zero-order chi connectivity index (χ0) is 10.4. The number of hydrogen-bond donors (Lipinski definition) is 1. The van der Waals surface area contributed by atoms with Crippen LogP contribution in [0, 0.1) is 6.92 Å². The zero-order valence-electron chi connectivity index (χ0n) is 8.54. The van der Waals surface area contributed by atoms with Gasteiger partial charge in [-0.25, -0.2) is 0 Å². The number of aryl methyl sites for hydroxylation is 1. The molecule has 0 aliphatic carbocycles. The minimum Gasteiger partial charge on any atom is -0.492 e. The molecule has 0 amide bonds. The van der Waals surface area contributed by atoms with Crippen molar-refractivity contribution in [2.75, 3.05) is 20.2 Å². The Morgan fingerprint density at radius 1 is 1.50 bits per heavy atom. The van der Waals surface area contributed by atoms with Crippen LogP contribution in [0.5, 0.6) is 5.75 Å². The van der Waals surface area contributed by atoms with E-state index >= 15 is 0 Å². The van der Waals surface area contributed by atoms with E-state index in [2.05, 4.69) is 5.32 Å². The number of ether oxygens (including phenoxy) is 1. The second-order valence-corrected chi connectivity index (χ2v) is 3.11. The van der Waals surface area contributed by atoms with Gasteiger partial charge in [0.2, 0.25) is 0 Å². The summed E-state index contributed by atoms with van der Waals surface area (Å²) in [6.07, 6.45) is 0.814. The fourth-order valence-electron chi connectivity index (χ4n) is 1.13. The minimum atomic E-state index is 0.570. The molecule has 0 aliphatic heterocycles. The maximum atomic E-state index is 10.7. The summed E-state index contributed by atoms with van der Waals surface area (Å²) >= 11 is 0. The van der Waals surface area contributed by atoms with E-state index in [1.54, 1.807) is 6.07 Å². The molecule has 1 rings (SSSR count). The number of carbonyl (C=O) groups excluding carboxylic acids is 1. The Morgan fingerprint density at radius 2 is 2.29 bits per heavy atom. The van der Waals surface area contributed by atoms with Crippen molar-refractivity contribution in [3.05, 3.63) is 29.3 Å². The second kappa shape index (κ2) is 5.40. The molecule has 0 unspecified atom stereocenters. The molecule has 1 N–H and O–H groups in total. The third-order valence-corrected chi connectivity index (χ3v) is 1.91. The number of aldehydes is 1. The first kappa shape index (κ1) is 10.7. The molecule has 1 aromatic carbocycles. The highest BCUT2D eigenvalue weighted by atomic mass is 16.5. The lowest BCUT2D eigenvalue weighted by Gasteiger charge is -2.08. The Labute approximate surface area is 84.1 Å². The summed E-state index contributed by atoms with van der Waals surface area (Å²) in [5, 5.41) is 2.98. The molecule has 0 aliphatic rings. The van der Waals surface area contributed by atoms with Gasteiger partial charge in [0.25, 0.3) is 0 Å². The van der Waals surface area contributed by atoms with E-state index in [-0.39, 0.29) is 0 Å². The standard InChI is InChI=1S/C11H15NO2/c1-9-3-4-10(8-13)11(7-9)14-6-5-12-2/h3-4,7-8,12H,5-6H2,1-2H3. The van der Waals surface area contributed by atoms with Gasteiger partial charge in [-0.05, 0) is 31.7 Å². The predicted molar refractivity (Wildman–Crippen MR) is 56.0 cm³/mol. The van der Waals surface area contributed by atoms with Crippen molar-refractivity contribution < 1.29 is 9.53 Å². The molecule has 0 spiro atoms. The van der Waals surface area contributed by atoms with E-state index in [9.17, 15) is 4.79 Å². The molecule has 0 atom stereocenters. The first-order chi connectivity index (χ1) is 6.77. The van der Waals surface area contributed by atoms with Crippen LogP contribution < -0.4 is 10.1 Å². The molecular formula is C11H15NO2. The molecular weight excluding hydrogens is 178 g/mol.